The summed E-state index contributed by atoms with van der Waals surface area (Å²) < 4.78 is 5.13. The van der Waals surface area contributed by atoms with Gasteiger partial charge < -0.3 is 15.4 Å². The van der Waals surface area contributed by atoms with Crippen LogP contribution in [0, 0.1) is 6.92 Å². The summed E-state index contributed by atoms with van der Waals surface area (Å²) in [4.78, 5) is 0. The maximum absolute atomic E-state index is 5.13. The van der Waals surface area contributed by atoms with Gasteiger partial charge in [-0.3, -0.25) is 0 Å². The Bertz CT molecular complexity index is 325. The number of hydrogen-bond donors (Lipinski definition) is 2. The van der Waals surface area contributed by atoms with Crippen LogP contribution in [0.3, 0.4) is 0 Å². The van der Waals surface area contributed by atoms with Crippen molar-refractivity contribution in [3.63, 3.8) is 0 Å². The summed E-state index contributed by atoms with van der Waals surface area (Å²) in [6.45, 7) is 3.77. The van der Waals surface area contributed by atoms with Crippen molar-refractivity contribution in [2.75, 3.05) is 30.9 Å². The largest absolute Gasteiger partial charge is 0.382 e. The molecule has 0 saturated heterocycles. The Balaban J connectivity index is 2.20. The topological polar surface area (TPSA) is 33.3 Å². The van der Waals surface area contributed by atoms with E-state index in [1.54, 1.807) is 7.11 Å². The van der Waals surface area contributed by atoms with Gasteiger partial charge in [0.1, 0.15) is 0 Å². The average Bonchev–Trinajstić information content (AvgIpc) is 2.20. The van der Waals surface area contributed by atoms with E-state index in [4.69, 9.17) is 4.74 Å². The second-order valence-corrected chi connectivity index (χ2v) is 3.67. The number of rotatable bonds is 2. The molecule has 2 rings (SSSR count). The van der Waals surface area contributed by atoms with Gasteiger partial charge in [-0.25, -0.2) is 0 Å². The van der Waals surface area contributed by atoms with Crippen LogP contribution in [0.2, 0.25) is 0 Å². The van der Waals surface area contributed by atoms with Gasteiger partial charge in [-0.05, 0) is 18.6 Å². The van der Waals surface area contributed by atoms with E-state index in [-0.39, 0.29) is 0 Å². The van der Waals surface area contributed by atoms with Crippen LogP contribution in [0.4, 0.5) is 11.4 Å². The maximum Gasteiger partial charge on any atom is 0.0681 e. The molecule has 1 aliphatic rings. The normalized spacial score (nSPS) is 19.4. The first kappa shape index (κ1) is 9.34. The highest BCUT2D eigenvalue weighted by molar-refractivity contribution is 5.74. The number of benzene rings is 1. The summed E-state index contributed by atoms with van der Waals surface area (Å²) in [5, 5.41) is 6.87. The van der Waals surface area contributed by atoms with Crippen LogP contribution in [-0.2, 0) is 4.74 Å². The second kappa shape index (κ2) is 3.88. The summed E-state index contributed by atoms with van der Waals surface area (Å²) in [6.07, 6.45) is 0. The molecule has 0 aliphatic carbocycles. The first-order valence-electron chi connectivity index (χ1n) is 4.90. The average molecular weight is 192 g/mol. The molecule has 14 heavy (non-hydrogen) atoms. The molecule has 0 saturated carbocycles. The van der Waals surface area contributed by atoms with Crippen molar-refractivity contribution in [1.82, 2.24) is 0 Å². The lowest BCUT2D eigenvalue weighted by molar-refractivity contribution is 0.188. The Labute approximate surface area is 84.5 Å². The molecule has 0 bridgehead atoms. The van der Waals surface area contributed by atoms with Gasteiger partial charge in [0, 0.05) is 13.7 Å². The van der Waals surface area contributed by atoms with Gasteiger partial charge in [0.05, 0.1) is 24.0 Å². The van der Waals surface area contributed by atoms with Gasteiger partial charge in [-0.1, -0.05) is 12.1 Å². The Kier molecular flexibility index (Phi) is 2.59. The number of para-hydroxylation sites is 1. The Morgan fingerprint density at radius 3 is 3.14 bits per heavy atom. The molecule has 3 heteroatoms. The van der Waals surface area contributed by atoms with Gasteiger partial charge in [-0.2, -0.15) is 0 Å². The van der Waals surface area contributed by atoms with Gasteiger partial charge in [0.2, 0.25) is 0 Å². The number of aryl methyl sites for hydroxylation is 1. The van der Waals surface area contributed by atoms with Gasteiger partial charge in [-0.15, -0.1) is 0 Å². The van der Waals surface area contributed by atoms with Gasteiger partial charge >= 0.3 is 0 Å². The van der Waals surface area contributed by atoms with Gasteiger partial charge in [0.15, 0.2) is 0 Å². The third-order valence-corrected chi connectivity index (χ3v) is 2.53. The van der Waals surface area contributed by atoms with E-state index in [0.717, 1.165) is 13.2 Å². The van der Waals surface area contributed by atoms with Crippen LogP contribution in [-0.4, -0.2) is 26.3 Å². The Morgan fingerprint density at radius 1 is 1.50 bits per heavy atom. The van der Waals surface area contributed by atoms with Crippen molar-refractivity contribution in [1.29, 1.82) is 0 Å². The van der Waals surface area contributed by atoms with E-state index in [0.29, 0.717) is 6.04 Å². The molecular weight excluding hydrogens is 176 g/mol. The fourth-order valence-electron chi connectivity index (χ4n) is 1.80. The molecule has 0 fully saturated rings. The Hall–Kier alpha value is -1.22. The predicted molar refractivity (Wildman–Crippen MR) is 59.0 cm³/mol. The molecule has 1 atom stereocenters. The smallest absolute Gasteiger partial charge is 0.0681 e. The minimum atomic E-state index is 0.369. The van der Waals surface area contributed by atoms with Crippen LogP contribution in [0.15, 0.2) is 18.2 Å². The van der Waals surface area contributed by atoms with E-state index in [1.807, 2.05) is 0 Å². The zero-order valence-electron chi connectivity index (χ0n) is 8.63. The number of methoxy groups -OCH3 is 1. The highest BCUT2D eigenvalue weighted by Gasteiger charge is 2.17. The van der Waals surface area contributed by atoms with Crippen LogP contribution in [0.1, 0.15) is 5.56 Å². The Morgan fingerprint density at radius 2 is 2.36 bits per heavy atom. The van der Waals surface area contributed by atoms with Crippen molar-refractivity contribution >= 4 is 11.4 Å². The van der Waals surface area contributed by atoms with Crippen LogP contribution in [0.5, 0.6) is 0 Å². The molecule has 1 aromatic rings. The standard InChI is InChI=1S/C11H16N2O/c1-8-4-3-5-10-11(8)13-9(6-12-10)7-14-2/h3-5,9,12-13H,6-7H2,1-2H3. The van der Waals surface area contributed by atoms with Crippen molar-refractivity contribution in [2.24, 2.45) is 0 Å². The molecule has 1 aromatic carbocycles. The van der Waals surface area contributed by atoms with Crippen molar-refractivity contribution in [3.05, 3.63) is 23.8 Å². The fraction of sp³-hybridized carbons (Fsp3) is 0.455. The van der Waals surface area contributed by atoms with E-state index in [9.17, 15) is 0 Å². The third kappa shape index (κ3) is 1.68. The lowest BCUT2D eigenvalue weighted by Crippen LogP contribution is -2.36. The molecule has 1 aliphatic heterocycles. The van der Waals surface area contributed by atoms with Crippen LogP contribution < -0.4 is 10.6 Å². The second-order valence-electron chi connectivity index (χ2n) is 3.67. The molecule has 76 valence electrons. The minimum absolute atomic E-state index is 0.369. The maximum atomic E-state index is 5.13. The summed E-state index contributed by atoms with van der Waals surface area (Å²) >= 11 is 0. The molecule has 1 heterocycles. The number of ether oxygens (including phenoxy) is 1. The van der Waals surface area contributed by atoms with Crippen molar-refractivity contribution < 1.29 is 4.74 Å². The number of hydrogen-bond acceptors (Lipinski definition) is 3. The lowest BCUT2D eigenvalue weighted by Gasteiger charge is -2.29. The highest BCUT2D eigenvalue weighted by atomic mass is 16.5. The first-order valence-corrected chi connectivity index (χ1v) is 4.90. The molecule has 2 N–H and O–H groups in total. The van der Waals surface area contributed by atoms with E-state index in [2.05, 4.69) is 35.8 Å². The zero-order chi connectivity index (χ0) is 9.97. The molecule has 0 amide bonds. The van der Waals surface area contributed by atoms with Crippen LogP contribution in [0.25, 0.3) is 0 Å². The van der Waals surface area contributed by atoms with E-state index >= 15 is 0 Å². The first-order chi connectivity index (χ1) is 6.81. The van der Waals surface area contributed by atoms with Crippen LogP contribution >= 0.6 is 0 Å². The quantitative estimate of drug-likeness (QED) is 0.750. The summed E-state index contributed by atoms with van der Waals surface area (Å²) in [6, 6.07) is 6.65. The number of nitrogens with one attached hydrogen (secondary N) is 2. The van der Waals surface area contributed by atoms with Crippen molar-refractivity contribution in [3.8, 4) is 0 Å². The number of fused-ring (bicyclic) bond motifs is 1. The summed E-state index contributed by atoms with van der Waals surface area (Å²) in [5.74, 6) is 0. The zero-order valence-corrected chi connectivity index (χ0v) is 8.63. The predicted octanol–water partition coefficient (Wildman–Crippen LogP) is 1.85. The fourth-order valence-corrected chi connectivity index (χ4v) is 1.80. The SMILES string of the molecule is COCC1CNc2cccc(C)c2N1. The van der Waals surface area contributed by atoms with Gasteiger partial charge in [0.25, 0.3) is 0 Å². The minimum Gasteiger partial charge on any atom is -0.382 e. The lowest BCUT2D eigenvalue weighted by atomic mass is 10.1. The van der Waals surface area contributed by atoms with E-state index < -0.39 is 0 Å². The molecular formula is C11H16N2O. The molecule has 1 unspecified atom stereocenters. The third-order valence-electron chi connectivity index (χ3n) is 2.53. The molecule has 0 radical (unpaired) electrons. The summed E-state index contributed by atoms with van der Waals surface area (Å²) in [5.41, 5.74) is 3.67. The molecule has 0 aromatic heterocycles. The summed E-state index contributed by atoms with van der Waals surface area (Å²) in [7, 11) is 1.73. The highest BCUT2D eigenvalue weighted by Crippen LogP contribution is 2.29. The number of anilines is 2. The molecule has 3 nitrogen and oxygen atoms in total. The van der Waals surface area contributed by atoms with Crippen molar-refractivity contribution in [2.45, 2.75) is 13.0 Å². The monoisotopic (exact) mass is 192 g/mol. The molecule has 0 spiro atoms. The van der Waals surface area contributed by atoms with E-state index in [1.165, 1.54) is 16.9 Å².